The summed E-state index contributed by atoms with van der Waals surface area (Å²) in [6.45, 7) is -0.0926. The molecule has 1 aromatic carbocycles. The smallest absolute Gasteiger partial charge is 0.341 e. The molecule has 0 aliphatic heterocycles. The van der Waals surface area contributed by atoms with E-state index in [1.54, 1.807) is 7.05 Å². The summed E-state index contributed by atoms with van der Waals surface area (Å²) in [7, 11) is 3.17. The summed E-state index contributed by atoms with van der Waals surface area (Å²) in [5.41, 5.74) is -0.643. The molecule has 0 radical (unpaired) electrons. The Morgan fingerprint density at radius 1 is 1.33 bits per heavy atom. The van der Waals surface area contributed by atoms with E-state index in [0.717, 1.165) is 6.07 Å². The topological polar surface area (TPSA) is 63.9 Å². The number of halogens is 3. The minimum atomic E-state index is -4.44. The molecule has 24 heavy (non-hydrogen) atoms. The molecular weight excluding hydrogens is 343 g/mol. The summed E-state index contributed by atoms with van der Waals surface area (Å²) >= 11 is 1.31. The molecule has 130 valence electrons. The summed E-state index contributed by atoms with van der Waals surface area (Å²) in [5.74, 6) is 0.202. The Morgan fingerprint density at radius 3 is 2.67 bits per heavy atom. The van der Waals surface area contributed by atoms with Crippen LogP contribution in [0.1, 0.15) is 17.5 Å². The summed E-state index contributed by atoms with van der Waals surface area (Å²) in [6, 6.07) is 5.26. The van der Waals surface area contributed by atoms with E-state index in [1.165, 1.54) is 46.6 Å². The van der Waals surface area contributed by atoms with Crippen molar-refractivity contribution < 1.29 is 18.0 Å². The molecule has 0 spiro atoms. The summed E-state index contributed by atoms with van der Waals surface area (Å²) in [4.78, 5) is 13.4. The average molecular weight is 359 g/mol. The summed E-state index contributed by atoms with van der Waals surface area (Å²) < 4.78 is 40.4. The number of benzene rings is 1. The molecule has 1 heterocycles. The van der Waals surface area contributed by atoms with Gasteiger partial charge in [0.15, 0.2) is 0 Å². The van der Waals surface area contributed by atoms with E-state index >= 15 is 0 Å². The normalized spacial score (nSPS) is 11.5. The fraction of sp³-hybridized carbons (Fsp3) is 0.429. The van der Waals surface area contributed by atoms with Gasteiger partial charge in [-0.25, -0.2) is 4.68 Å². The van der Waals surface area contributed by atoms with Crippen LogP contribution in [0.5, 0.6) is 0 Å². The highest BCUT2D eigenvalue weighted by molar-refractivity contribution is 7.99. The molecular formula is C14H16F3N5OS. The number of aromatic nitrogens is 4. The summed E-state index contributed by atoms with van der Waals surface area (Å²) in [5, 5.41) is 11.5. The SMILES string of the molecule is CN(Cc1ccccc1C(F)(F)F)C(=O)CCSc1nnnn1C. The quantitative estimate of drug-likeness (QED) is 0.741. The zero-order valence-electron chi connectivity index (χ0n) is 13.1. The number of carbonyl (C=O) groups is 1. The van der Waals surface area contributed by atoms with Gasteiger partial charge in [-0.2, -0.15) is 13.2 Å². The molecule has 1 amide bonds. The van der Waals surface area contributed by atoms with Gasteiger partial charge in [0.25, 0.3) is 0 Å². The van der Waals surface area contributed by atoms with Crippen LogP contribution in [0.25, 0.3) is 0 Å². The number of tetrazole rings is 1. The Morgan fingerprint density at radius 2 is 2.04 bits per heavy atom. The molecule has 0 unspecified atom stereocenters. The van der Waals surface area contributed by atoms with Crippen molar-refractivity contribution in [1.82, 2.24) is 25.1 Å². The highest BCUT2D eigenvalue weighted by Crippen LogP contribution is 2.32. The van der Waals surface area contributed by atoms with Crippen LogP contribution in [0.4, 0.5) is 13.2 Å². The van der Waals surface area contributed by atoms with Crippen molar-refractivity contribution in [3.63, 3.8) is 0 Å². The Labute approximate surface area is 141 Å². The number of alkyl halides is 3. The highest BCUT2D eigenvalue weighted by atomic mass is 32.2. The molecule has 0 aliphatic carbocycles. The molecule has 2 aromatic rings. The third kappa shape index (κ3) is 4.70. The second-order valence-electron chi connectivity index (χ2n) is 5.09. The third-order valence-electron chi connectivity index (χ3n) is 3.28. The van der Waals surface area contributed by atoms with Gasteiger partial charge in [-0.3, -0.25) is 4.79 Å². The maximum Gasteiger partial charge on any atom is 0.416 e. The number of carbonyl (C=O) groups excluding carboxylic acids is 1. The predicted molar refractivity (Wildman–Crippen MR) is 82.1 cm³/mol. The molecule has 0 saturated heterocycles. The first-order chi connectivity index (χ1) is 11.3. The van der Waals surface area contributed by atoms with E-state index in [2.05, 4.69) is 15.5 Å². The van der Waals surface area contributed by atoms with Gasteiger partial charge < -0.3 is 4.90 Å². The van der Waals surface area contributed by atoms with Gasteiger partial charge >= 0.3 is 6.18 Å². The Balaban J connectivity index is 1.91. The van der Waals surface area contributed by atoms with Crippen LogP contribution < -0.4 is 0 Å². The Bertz CT molecular complexity index is 704. The van der Waals surface area contributed by atoms with E-state index < -0.39 is 11.7 Å². The standard InChI is InChI=1S/C14H16F3N5OS/c1-21(9-10-5-3-4-6-11(10)14(15,16)17)12(23)7-8-24-13-18-19-20-22(13)2/h3-6H,7-9H2,1-2H3. The van der Waals surface area contributed by atoms with E-state index in [-0.39, 0.29) is 24.4 Å². The van der Waals surface area contributed by atoms with Crippen molar-refractivity contribution in [3.8, 4) is 0 Å². The van der Waals surface area contributed by atoms with Gasteiger partial charge in [0.1, 0.15) is 0 Å². The zero-order valence-corrected chi connectivity index (χ0v) is 13.9. The molecule has 2 rings (SSSR count). The van der Waals surface area contributed by atoms with Gasteiger partial charge in [-0.15, -0.1) is 5.10 Å². The van der Waals surface area contributed by atoms with E-state index in [0.29, 0.717) is 10.9 Å². The van der Waals surface area contributed by atoms with Gasteiger partial charge in [0.05, 0.1) is 5.56 Å². The lowest BCUT2D eigenvalue weighted by atomic mass is 10.1. The van der Waals surface area contributed by atoms with Gasteiger partial charge in [0.2, 0.25) is 11.1 Å². The number of aryl methyl sites for hydroxylation is 1. The maximum atomic E-state index is 13.0. The summed E-state index contributed by atoms with van der Waals surface area (Å²) in [6.07, 6.45) is -4.25. The Hall–Kier alpha value is -2.10. The van der Waals surface area contributed by atoms with Crippen molar-refractivity contribution in [2.75, 3.05) is 12.8 Å². The average Bonchev–Trinajstić information content (AvgIpc) is 2.92. The van der Waals surface area contributed by atoms with Crippen molar-refractivity contribution in [2.45, 2.75) is 24.3 Å². The molecule has 0 saturated carbocycles. The van der Waals surface area contributed by atoms with Crippen LogP contribution in [0, 0.1) is 0 Å². The Kier molecular flexibility index (Phi) is 5.81. The minimum absolute atomic E-state index is 0.0750. The first kappa shape index (κ1) is 18.2. The zero-order chi connectivity index (χ0) is 17.7. The molecule has 10 heteroatoms. The van der Waals surface area contributed by atoms with Crippen LogP contribution in [0.2, 0.25) is 0 Å². The molecule has 1 aromatic heterocycles. The van der Waals surface area contributed by atoms with Crippen molar-refractivity contribution >= 4 is 17.7 Å². The van der Waals surface area contributed by atoms with Crippen LogP contribution in [-0.2, 0) is 24.6 Å². The first-order valence-corrected chi connectivity index (χ1v) is 8.02. The maximum absolute atomic E-state index is 13.0. The monoisotopic (exact) mass is 359 g/mol. The van der Waals surface area contributed by atoms with E-state index in [9.17, 15) is 18.0 Å². The van der Waals surface area contributed by atoms with E-state index in [4.69, 9.17) is 0 Å². The first-order valence-electron chi connectivity index (χ1n) is 7.03. The number of amides is 1. The number of thioether (sulfide) groups is 1. The van der Waals surface area contributed by atoms with E-state index in [1.807, 2.05) is 0 Å². The number of rotatable bonds is 6. The van der Waals surface area contributed by atoms with Crippen LogP contribution in [0.15, 0.2) is 29.4 Å². The fourth-order valence-corrected chi connectivity index (χ4v) is 2.82. The van der Waals surface area contributed by atoms with Gasteiger partial charge in [0, 0.05) is 32.8 Å². The number of hydrogen-bond donors (Lipinski definition) is 0. The van der Waals surface area contributed by atoms with Crippen molar-refractivity contribution in [2.24, 2.45) is 7.05 Å². The molecule has 0 fully saturated rings. The van der Waals surface area contributed by atoms with Gasteiger partial charge in [-0.1, -0.05) is 30.0 Å². The highest BCUT2D eigenvalue weighted by Gasteiger charge is 2.33. The van der Waals surface area contributed by atoms with Gasteiger partial charge in [-0.05, 0) is 22.1 Å². The fourth-order valence-electron chi connectivity index (χ4n) is 2.04. The predicted octanol–water partition coefficient (Wildman–Crippen LogP) is 2.37. The largest absolute Gasteiger partial charge is 0.416 e. The molecule has 0 bridgehead atoms. The lowest BCUT2D eigenvalue weighted by Crippen LogP contribution is -2.27. The lowest BCUT2D eigenvalue weighted by molar-refractivity contribution is -0.139. The molecule has 0 atom stereocenters. The number of hydrogen-bond acceptors (Lipinski definition) is 5. The van der Waals surface area contributed by atoms with Crippen molar-refractivity contribution in [3.05, 3.63) is 35.4 Å². The second-order valence-corrected chi connectivity index (χ2v) is 6.15. The number of nitrogens with zero attached hydrogens (tertiary/aromatic N) is 5. The van der Waals surface area contributed by atoms with Crippen LogP contribution in [0.3, 0.4) is 0 Å². The third-order valence-corrected chi connectivity index (χ3v) is 4.30. The molecule has 0 N–H and O–H groups in total. The van der Waals surface area contributed by atoms with Crippen LogP contribution >= 0.6 is 11.8 Å². The van der Waals surface area contributed by atoms with Crippen molar-refractivity contribution in [1.29, 1.82) is 0 Å². The lowest BCUT2D eigenvalue weighted by Gasteiger charge is -2.20. The molecule has 0 aliphatic rings. The van der Waals surface area contributed by atoms with Crippen LogP contribution in [-0.4, -0.2) is 43.8 Å². The minimum Gasteiger partial charge on any atom is -0.341 e. The second kappa shape index (κ2) is 7.65. The molecule has 6 nitrogen and oxygen atoms in total.